The van der Waals surface area contributed by atoms with Crippen LogP contribution in [0, 0.1) is 12.7 Å². The fraction of sp³-hybridized carbons (Fsp3) is 0.250. The second kappa shape index (κ2) is 6.28. The van der Waals surface area contributed by atoms with Crippen molar-refractivity contribution in [3.05, 3.63) is 53.3 Å². The van der Waals surface area contributed by atoms with Gasteiger partial charge >= 0.3 is 0 Å². The number of rotatable bonds is 5. The summed E-state index contributed by atoms with van der Waals surface area (Å²) in [5.41, 5.74) is 2.40. The van der Waals surface area contributed by atoms with Crippen molar-refractivity contribution in [2.45, 2.75) is 13.5 Å². The molecule has 0 atom stereocenters. The minimum Gasteiger partial charge on any atom is -0.493 e. The number of hydrogen-bond acceptors (Lipinski definition) is 3. The van der Waals surface area contributed by atoms with Gasteiger partial charge in [0.1, 0.15) is 5.82 Å². The number of halogens is 1. The highest BCUT2D eigenvalue weighted by atomic mass is 19.1. The van der Waals surface area contributed by atoms with Gasteiger partial charge in [0.2, 0.25) is 0 Å². The molecule has 3 nitrogen and oxygen atoms in total. The van der Waals surface area contributed by atoms with Crippen LogP contribution in [0.2, 0.25) is 0 Å². The second-order valence-electron chi connectivity index (χ2n) is 4.49. The van der Waals surface area contributed by atoms with Gasteiger partial charge in [-0.15, -0.1) is 0 Å². The second-order valence-corrected chi connectivity index (χ2v) is 4.49. The van der Waals surface area contributed by atoms with Crippen LogP contribution >= 0.6 is 0 Å². The standard InChI is InChI=1S/C16H18FNO2/c1-11-7-8-13(17)14(9-11)18-10-12-5-4-6-15(19-2)16(12)20-3/h4-9,18H,10H2,1-3H3. The fourth-order valence-electron chi connectivity index (χ4n) is 2.06. The Kier molecular flexibility index (Phi) is 4.45. The summed E-state index contributed by atoms with van der Waals surface area (Å²) in [5, 5.41) is 3.09. The number of aryl methyl sites for hydroxylation is 1. The van der Waals surface area contributed by atoms with Crippen molar-refractivity contribution >= 4 is 5.69 Å². The lowest BCUT2D eigenvalue weighted by molar-refractivity contribution is 0.352. The van der Waals surface area contributed by atoms with Crippen molar-refractivity contribution in [1.29, 1.82) is 0 Å². The Morgan fingerprint density at radius 1 is 1.10 bits per heavy atom. The SMILES string of the molecule is COc1cccc(CNc2cc(C)ccc2F)c1OC. The Hall–Kier alpha value is -2.23. The number of anilines is 1. The van der Waals surface area contributed by atoms with E-state index in [1.807, 2.05) is 25.1 Å². The zero-order chi connectivity index (χ0) is 14.5. The molecule has 106 valence electrons. The van der Waals surface area contributed by atoms with Crippen molar-refractivity contribution in [3.63, 3.8) is 0 Å². The van der Waals surface area contributed by atoms with E-state index in [0.29, 0.717) is 23.7 Å². The van der Waals surface area contributed by atoms with E-state index in [4.69, 9.17) is 9.47 Å². The molecule has 0 aromatic heterocycles. The Morgan fingerprint density at radius 2 is 1.90 bits per heavy atom. The maximum Gasteiger partial charge on any atom is 0.165 e. The summed E-state index contributed by atoms with van der Waals surface area (Å²) < 4.78 is 24.3. The Bertz CT molecular complexity index is 599. The molecule has 0 radical (unpaired) electrons. The summed E-state index contributed by atoms with van der Waals surface area (Å²) in [6.07, 6.45) is 0. The minimum atomic E-state index is -0.266. The quantitative estimate of drug-likeness (QED) is 0.901. The smallest absolute Gasteiger partial charge is 0.165 e. The molecule has 2 aromatic carbocycles. The Morgan fingerprint density at radius 3 is 2.60 bits per heavy atom. The van der Waals surface area contributed by atoms with Crippen LogP contribution in [0.4, 0.5) is 10.1 Å². The monoisotopic (exact) mass is 275 g/mol. The predicted molar refractivity (Wildman–Crippen MR) is 78.0 cm³/mol. The minimum absolute atomic E-state index is 0.266. The van der Waals surface area contributed by atoms with Crippen LogP contribution in [0.3, 0.4) is 0 Å². The van der Waals surface area contributed by atoms with Crippen molar-refractivity contribution in [3.8, 4) is 11.5 Å². The van der Waals surface area contributed by atoms with Gasteiger partial charge in [0, 0.05) is 12.1 Å². The molecule has 0 spiro atoms. The van der Waals surface area contributed by atoms with E-state index in [9.17, 15) is 4.39 Å². The molecular formula is C16H18FNO2. The van der Waals surface area contributed by atoms with Gasteiger partial charge in [-0.3, -0.25) is 0 Å². The lowest BCUT2D eigenvalue weighted by Gasteiger charge is -2.14. The van der Waals surface area contributed by atoms with Gasteiger partial charge in [0.25, 0.3) is 0 Å². The van der Waals surface area contributed by atoms with Gasteiger partial charge in [-0.25, -0.2) is 4.39 Å². The maximum absolute atomic E-state index is 13.7. The molecule has 0 aliphatic heterocycles. The predicted octanol–water partition coefficient (Wildman–Crippen LogP) is 3.76. The number of ether oxygens (including phenoxy) is 2. The van der Waals surface area contributed by atoms with E-state index in [2.05, 4.69) is 5.32 Å². The summed E-state index contributed by atoms with van der Waals surface area (Å²) in [6.45, 7) is 2.39. The molecule has 0 bridgehead atoms. The first-order valence-electron chi connectivity index (χ1n) is 6.35. The highest BCUT2D eigenvalue weighted by Gasteiger charge is 2.10. The average Bonchev–Trinajstić information content (AvgIpc) is 2.47. The van der Waals surface area contributed by atoms with Crippen LogP contribution in [-0.2, 0) is 6.54 Å². The van der Waals surface area contributed by atoms with Crippen molar-refractivity contribution < 1.29 is 13.9 Å². The molecule has 4 heteroatoms. The number of hydrogen-bond donors (Lipinski definition) is 1. The van der Waals surface area contributed by atoms with Crippen molar-refractivity contribution in [1.82, 2.24) is 0 Å². The van der Waals surface area contributed by atoms with Gasteiger partial charge in [-0.1, -0.05) is 18.2 Å². The van der Waals surface area contributed by atoms with Gasteiger partial charge in [0.15, 0.2) is 11.5 Å². The van der Waals surface area contributed by atoms with E-state index in [0.717, 1.165) is 11.1 Å². The van der Waals surface area contributed by atoms with Crippen molar-refractivity contribution in [2.24, 2.45) is 0 Å². The molecule has 1 N–H and O–H groups in total. The molecule has 2 aromatic rings. The average molecular weight is 275 g/mol. The molecule has 0 saturated carbocycles. The summed E-state index contributed by atoms with van der Waals surface area (Å²) in [6, 6.07) is 10.6. The lowest BCUT2D eigenvalue weighted by Crippen LogP contribution is -2.04. The van der Waals surface area contributed by atoms with Crippen LogP contribution in [0.15, 0.2) is 36.4 Å². The van der Waals surface area contributed by atoms with E-state index in [1.54, 1.807) is 26.4 Å². The molecule has 0 aliphatic rings. The third kappa shape index (κ3) is 3.02. The highest BCUT2D eigenvalue weighted by molar-refractivity contribution is 5.51. The third-order valence-electron chi connectivity index (χ3n) is 3.08. The van der Waals surface area contributed by atoms with Crippen molar-refractivity contribution in [2.75, 3.05) is 19.5 Å². The van der Waals surface area contributed by atoms with E-state index < -0.39 is 0 Å². The zero-order valence-corrected chi connectivity index (χ0v) is 11.9. The summed E-state index contributed by atoms with van der Waals surface area (Å²) in [7, 11) is 3.18. The number of benzene rings is 2. The molecule has 0 heterocycles. The molecule has 0 aliphatic carbocycles. The first-order valence-corrected chi connectivity index (χ1v) is 6.35. The van der Waals surface area contributed by atoms with E-state index in [-0.39, 0.29) is 5.82 Å². The molecule has 20 heavy (non-hydrogen) atoms. The van der Waals surface area contributed by atoms with Crippen LogP contribution in [-0.4, -0.2) is 14.2 Å². The fourth-order valence-corrected chi connectivity index (χ4v) is 2.06. The van der Waals surface area contributed by atoms with Gasteiger partial charge in [0.05, 0.1) is 19.9 Å². The summed E-state index contributed by atoms with van der Waals surface area (Å²) >= 11 is 0. The maximum atomic E-state index is 13.7. The van der Waals surface area contributed by atoms with E-state index in [1.165, 1.54) is 6.07 Å². The largest absolute Gasteiger partial charge is 0.493 e. The third-order valence-corrected chi connectivity index (χ3v) is 3.08. The van der Waals surface area contributed by atoms with Crippen LogP contribution in [0.5, 0.6) is 11.5 Å². The summed E-state index contributed by atoms with van der Waals surface area (Å²) in [4.78, 5) is 0. The highest BCUT2D eigenvalue weighted by Crippen LogP contribution is 2.31. The molecule has 0 saturated heterocycles. The van der Waals surface area contributed by atoms with Gasteiger partial charge in [-0.05, 0) is 30.7 Å². The number of nitrogens with one attached hydrogen (secondary N) is 1. The lowest BCUT2D eigenvalue weighted by atomic mass is 10.1. The van der Waals surface area contributed by atoms with Gasteiger partial charge in [-0.2, -0.15) is 0 Å². The normalized spacial score (nSPS) is 10.2. The molecule has 0 fully saturated rings. The molecule has 2 rings (SSSR count). The molecular weight excluding hydrogens is 257 g/mol. The molecule has 0 amide bonds. The zero-order valence-electron chi connectivity index (χ0n) is 11.9. The van der Waals surface area contributed by atoms with Gasteiger partial charge < -0.3 is 14.8 Å². The number of para-hydroxylation sites is 1. The Labute approximate surface area is 118 Å². The summed E-state index contributed by atoms with van der Waals surface area (Å²) in [5.74, 6) is 1.06. The first kappa shape index (κ1) is 14.2. The van der Waals surface area contributed by atoms with Crippen LogP contribution in [0.25, 0.3) is 0 Å². The number of methoxy groups -OCH3 is 2. The Balaban J connectivity index is 2.20. The first-order chi connectivity index (χ1) is 9.65. The topological polar surface area (TPSA) is 30.5 Å². The van der Waals surface area contributed by atoms with Crippen LogP contribution < -0.4 is 14.8 Å². The van der Waals surface area contributed by atoms with Crippen LogP contribution in [0.1, 0.15) is 11.1 Å². The molecule has 0 unspecified atom stereocenters. The van der Waals surface area contributed by atoms with E-state index >= 15 is 0 Å².